The molecule has 0 unspecified atom stereocenters. The molecule has 1 atom stereocenters. The lowest BCUT2D eigenvalue weighted by atomic mass is 9.90. The summed E-state index contributed by atoms with van der Waals surface area (Å²) in [5.41, 5.74) is 5.15. The van der Waals surface area contributed by atoms with Crippen molar-refractivity contribution < 1.29 is 9.47 Å². The predicted octanol–water partition coefficient (Wildman–Crippen LogP) is 4.70. The maximum atomic E-state index is 6.13. The van der Waals surface area contributed by atoms with Gasteiger partial charge in [-0.1, -0.05) is 60.7 Å². The smallest absolute Gasteiger partial charge is 0.162 e. The van der Waals surface area contributed by atoms with E-state index in [1.807, 2.05) is 18.2 Å². The Labute approximate surface area is 161 Å². The van der Waals surface area contributed by atoms with Crippen LogP contribution in [0.15, 0.2) is 72.8 Å². The molecule has 0 saturated heterocycles. The number of ether oxygens (including phenoxy) is 2. The van der Waals surface area contributed by atoms with Gasteiger partial charge < -0.3 is 14.8 Å². The van der Waals surface area contributed by atoms with Crippen molar-refractivity contribution >= 4 is 0 Å². The van der Waals surface area contributed by atoms with Crippen molar-refractivity contribution in [3.05, 3.63) is 95.1 Å². The van der Waals surface area contributed by atoms with Gasteiger partial charge in [-0.3, -0.25) is 0 Å². The van der Waals surface area contributed by atoms with Crippen LogP contribution in [0.5, 0.6) is 11.5 Å². The van der Waals surface area contributed by atoms with Gasteiger partial charge >= 0.3 is 0 Å². The second kappa shape index (κ2) is 8.28. The van der Waals surface area contributed by atoms with Crippen molar-refractivity contribution in [1.82, 2.24) is 5.32 Å². The normalized spacial score (nSPS) is 15.8. The van der Waals surface area contributed by atoms with Crippen molar-refractivity contribution in [3.8, 4) is 11.5 Å². The third kappa shape index (κ3) is 4.15. The number of fused-ring (bicyclic) bond motifs is 1. The van der Waals surface area contributed by atoms with Crippen LogP contribution in [0.1, 0.15) is 28.3 Å². The quantitative estimate of drug-likeness (QED) is 0.692. The van der Waals surface area contributed by atoms with Gasteiger partial charge in [0.1, 0.15) is 6.61 Å². The maximum absolute atomic E-state index is 6.13. The monoisotopic (exact) mass is 359 g/mol. The molecule has 3 nitrogen and oxygen atoms in total. The Bertz CT molecular complexity index is 878. The SMILES string of the molecule is COc1cc2c(cc1OCc1ccccc1)[C@@H](Cc1ccccc1)NCC2. The predicted molar refractivity (Wildman–Crippen MR) is 108 cm³/mol. The standard InChI is InChI=1S/C24H25NO2/c1-26-23-15-20-12-13-25-22(14-18-8-4-2-5-9-18)21(20)16-24(23)27-17-19-10-6-3-7-11-19/h2-11,15-16,22,25H,12-14,17H2,1H3/t22-/m1/s1. The first kappa shape index (κ1) is 17.6. The first-order valence-corrected chi connectivity index (χ1v) is 9.48. The van der Waals surface area contributed by atoms with E-state index in [0.29, 0.717) is 12.6 Å². The molecule has 138 valence electrons. The van der Waals surface area contributed by atoms with Gasteiger partial charge in [-0.05, 0) is 53.8 Å². The second-order valence-electron chi connectivity index (χ2n) is 6.92. The summed E-state index contributed by atoms with van der Waals surface area (Å²) in [6.07, 6.45) is 1.98. The molecule has 1 heterocycles. The Morgan fingerprint density at radius 3 is 2.30 bits per heavy atom. The minimum absolute atomic E-state index is 0.293. The molecule has 0 radical (unpaired) electrons. The lowest BCUT2D eigenvalue weighted by Crippen LogP contribution is -2.31. The van der Waals surface area contributed by atoms with Crippen LogP contribution in [0, 0.1) is 0 Å². The Balaban J connectivity index is 1.60. The summed E-state index contributed by atoms with van der Waals surface area (Å²) in [6, 6.07) is 25.5. The fourth-order valence-electron chi connectivity index (χ4n) is 3.69. The van der Waals surface area contributed by atoms with Crippen LogP contribution in [0.3, 0.4) is 0 Å². The zero-order chi connectivity index (χ0) is 18.5. The lowest BCUT2D eigenvalue weighted by Gasteiger charge is -2.28. The van der Waals surface area contributed by atoms with Gasteiger partial charge in [-0.2, -0.15) is 0 Å². The molecule has 1 aliphatic rings. The summed E-state index contributed by atoms with van der Waals surface area (Å²) in [4.78, 5) is 0. The van der Waals surface area contributed by atoms with Crippen LogP contribution in [0.4, 0.5) is 0 Å². The zero-order valence-corrected chi connectivity index (χ0v) is 15.7. The van der Waals surface area contributed by atoms with Crippen molar-refractivity contribution in [2.24, 2.45) is 0 Å². The van der Waals surface area contributed by atoms with E-state index in [4.69, 9.17) is 9.47 Å². The summed E-state index contributed by atoms with van der Waals surface area (Å²) in [5.74, 6) is 1.62. The summed E-state index contributed by atoms with van der Waals surface area (Å²) in [6.45, 7) is 1.52. The summed E-state index contributed by atoms with van der Waals surface area (Å²) in [7, 11) is 1.71. The molecule has 0 bridgehead atoms. The Hall–Kier alpha value is -2.78. The third-order valence-corrected chi connectivity index (χ3v) is 5.11. The largest absolute Gasteiger partial charge is 0.493 e. The van der Waals surface area contributed by atoms with E-state index in [0.717, 1.165) is 36.4 Å². The molecule has 0 amide bonds. The average molecular weight is 359 g/mol. The lowest BCUT2D eigenvalue weighted by molar-refractivity contribution is 0.283. The molecule has 1 N–H and O–H groups in total. The van der Waals surface area contributed by atoms with E-state index in [1.54, 1.807) is 7.11 Å². The van der Waals surface area contributed by atoms with E-state index < -0.39 is 0 Å². The van der Waals surface area contributed by atoms with E-state index in [9.17, 15) is 0 Å². The van der Waals surface area contributed by atoms with Gasteiger partial charge in [-0.15, -0.1) is 0 Å². The summed E-state index contributed by atoms with van der Waals surface area (Å²) in [5, 5.41) is 3.67. The Morgan fingerprint density at radius 1 is 0.889 bits per heavy atom. The van der Waals surface area contributed by atoms with E-state index in [-0.39, 0.29) is 0 Å². The first-order valence-electron chi connectivity index (χ1n) is 9.48. The highest BCUT2D eigenvalue weighted by Crippen LogP contribution is 2.36. The second-order valence-corrected chi connectivity index (χ2v) is 6.92. The maximum Gasteiger partial charge on any atom is 0.162 e. The molecular formula is C24H25NO2. The molecule has 0 aliphatic carbocycles. The van der Waals surface area contributed by atoms with Crippen molar-refractivity contribution in [2.75, 3.05) is 13.7 Å². The minimum Gasteiger partial charge on any atom is -0.493 e. The number of nitrogens with one attached hydrogen (secondary N) is 1. The molecule has 0 saturated carbocycles. The molecule has 0 fully saturated rings. The molecule has 3 aromatic carbocycles. The molecule has 0 aromatic heterocycles. The minimum atomic E-state index is 0.293. The van der Waals surface area contributed by atoms with Crippen LogP contribution in [-0.4, -0.2) is 13.7 Å². The highest BCUT2D eigenvalue weighted by molar-refractivity contribution is 5.50. The number of methoxy groups -OCH3 is 1. The number of benzene rings is 3. The molecule has 1 aliphatic heterocycles. The fraction of sp³-hybridized carbons (Fsp3) is 0.250. The molecule has 4 rings (SSSR count). The zero-order valence-electron chi connectivity index (χ0n) is 15.7. The highest BCUT2D eigenvalue weighted by atomic mass is 16.5. The fourth-order valence-corrected chi connectivity index (χ4v) is 3.69. The van der Waals surface area contributed by atoms with Gasteiger partial charge in [-0.25, -0.2) is 0 Å². The Morgan fingerprint density at radius 2 is 1.59 bits per heavy atom. The van der Waals surface area contributed by atoms with Crippen molar-refractivity contribution in [2.45, 2.75) is 25.5 Å². The van der Waals surface area contributed by atoms with Crippen molar-refractivity contribution in [3.63, 3.8) is 0 Å². The molecule has 27 heavy (non-hydrogen) atoms. The van der Waals surface area contributed by atoms with Crippen LogP contribution >= 0.6 is 0 Å². The van der Waals surface area contributed by atoms with E-state index >= 15 is 0 Å². The Kier molecular flexibility index (Phi) is 5.40. The number of rotatable bonds is 6. The van der Waals surface area contributed by atoms with Gasteiger partial charge in [0.15, 0.2) is 11.5 Å². The van der Waals surface area contributed by atoms with E-state index in [2.05, 4.69) is 59.9 Å². The van der Waals surface area contributed by atoms with E-state index in [1.165, 1.54) is 16.7 Å². The summed E-state index contributed by atoms with van der Waals surface area (Å²) < 4.78 is 11.7. The van der Waals surface area contributed by atoms with Gasteiger partial charge in [0, 0.05) is 6.04 Å². The molecule has 3 aromatic rings. The molecule has 3 heteroatoms. The summed E-state index contributed by atoms with van der Waals surface area (Å²) >= 11 is 0. The first-order chi connectivity index (χ1) is 13.3. The van der Waals surface area contributed by atoms with Gasteiger partial charge in [0.05, 0.1) is 7.11 Å². The highest BCUT2D eigenvalue weighted by Gasteiger charge is 2.23. The number of hydrogen-bond acceptors (Lipinski definition) is 3. The number of hydrogen-bond donors (Lipinski definition) is 1. The van der Waals surface area contributed by atoms with Crippen LogP contribution < -0.4 is 14.8 Å². The molecule has 0 spiro atoms. The van der Waals surface area contributed by atoms with Gasteiger partial charge in [0.2, 0.25) is 0 Å². The average Bonchev–Trinajstić information content (AvgIpc) is 2.73. The topological polar surface area (TPSA) is 30.5 Å². The van der Waals surface area contributed by atoms with Crippen LogP contribution in [-0.2, 0) is 19.4 Å². The van der Waals surface area contributed by atoms with Crippen LogP contribution in [0.2, 0.25) is 0 Å². The molecular weight excluding hydrogens is 334 g/mol. The third-order valence-electron chi connectivity index (χ3n) is 5.11. The van der Waals surface area contributed by atoms with Gasteiger partial charge in [0.25, 0.3) is 0 Å². The van der Waals surface area contributed by atoms with Crippen molar-refractivity contribution in [1.29, 1.82) is 0 Å². The van der Waals surface area contributed by atoms with Crippen LogP contribution in [0.25, 0.3) is 0 Å².